The van der Waals surface area contributed by atoms with Gasteiger partial charge in [0.15, 0.2) is 0 Å². The molecule has 84 valence electrons. The maximum Gasteiger partial charge on any atom is 1.00 e. The molecule has 1 unspecified atom stereocenters. The first-order valence-corrected chi connectivity index (χ1v) is 6.66. The zero-order valence-corrected chi connectivity index (χ0v) is 13.3. The Kier molecular flexibility index (Phi) is 4.84. The second-order valence-electron chi connectivity index (χ2n) is 4.00. The standard InChI is InChI=1S/C15H12OSi.Na.H/c1-2-7-13(8-3-1)16-17-15-11-10-12-6-4-5-9-14(12)15;;/h1-11,15H;;/q;+1;-1. The van der Waals surface area contributed by atoms with Gasteiger partial charge in [-0.05, 0) is 23.3 Å². The molecular weight excluding hydrogens is 247 g/mol. The minimum atomic E-state index is 0. The van der Waals surface area contributed by atoms with Crippen LogP contribution in [-0.4, -0.2) is 9.76 Å². The van der Waals surface area contributed by atoms with Gasteiger partial charge < -0.3 is 5.85 Å². The fourth-order valence-corrected chi connectivity index (χ4v) is 2.94. The molecule has 0 heterocycles. The van der Waals surface area contributed by atoms with E-state index in [0.29, 0.717) is 15.3 Å². The van der Waals surface area contributed by atoms with Crippen LogP contribution >= 0.6 is 0 Å². The molecule has 0 aromatic heterocycles. The molecule has 0 N–H and O–H groups in total. The summed E-state index contributed by atoms with van der Waals surface area (Å²) in [5.41, 5.74) is 3.11. The van der Waals surface area contributed by atoms with Crippen molar-refractivity contribution in [2.75, 3.05) is 0 Å². The maximum atomic E-state index is 5.82. The van der Waals surface area contributed by atoms with Gasteiger partial charge in [-0.15, -0.1) is 0 Å². The van der Waals surface area contributed by atoms with Gasteiger partial charge in [0, 0.05) is 5.54 Å². The molecule has 1 aliphatic carbocycles. The SMILES string of the molecule is C1=CC([Si]Oc2ccccc2)c2ccccc21.[H-].[Na+]. The number of fused-ring (bicyclic) bond motifs is 1. The van der Waals surface area contributed by atoms with Crippen LogP contribution in [0.15, 0.2) is 60.7 Å². The summed E-state index contributed by atoms with van der Waals surface area (Å²) in [6, 6.07) is 18.5. The molecule has 18 heavy (non-hydrogen) atoms. The molecule has 0 fully saturated rings. The van der Waals surface area contributed by atoms with Crippen molar-refractivity contribution in [3.63, 3.8) is 0 Å². The Morgan fingerprint density at radius 1 is 0.944 bits per heavy atom. The van der Waals surface area contributed by atoms with Crippen LogP contribution < -0.4 is 34.0 Å². The predicted octanol–water partition coefficient (Wildman–Crippen LogP) is 0.569. The second kappa shape index (κ2) is 6.39. The van der Waals surface area contributed by atoms with E-state index in [2.05, 4.69) is 36.4 Å². The second-order valence-corrected chi connectivity index (χ2v) is 5.06. The average Bonchev–Trinajstić information content (AvgIpc) is 2.81. The Bertz CT molecular complexity index is 545. The Balaban J connectivity index is 0.000000902. The summed E-state index contributed by atoms with van der Waals surface area (Å²) in [7, 11) is 0.444. The number of hydrogen-bond acceptors (Lipinski definition) is 1. The molecule has 1 atom stereocenters. The molecule has 0 aliphatic heterocycles. The molecule has 0 saturated heterocycles. The normalized spacial score (nSPS) is 15.9. The van der Waals surface area contributed by atoms with E-state index in [-0.39, 0.29) is 31.0 Å². The van der Waals surface area contributed by atoms with E-state index in [1.165, 1.54) is 11.1 Å². The van der Waals surface area contributed by atoms with Crippen molar-refractivity contribution in [1.29, 1.82) is 0 Å². The zero-order valence-electron chi connectivity index (χ0n) is 11.3. The predicted molar refractivity (Wildman–Crippen MR) is 72.2 cm³/mol. The van der Waals surface area contributed by atoms with E-state index in [9.17, 15) is 0 Å². The van der Waals surface area contributed by atoms with Crippen LogP contribution in [0.2, 0.25) is 0 Å². The van der Waals surface area contributed by atoms with Crippen LogP contribution in [0.1, 0.15) is 18.1 Å². The third kappa shape index (κ3) is 2.95. The third-order valence-electron chi connectivity index (χ3n) is 2.85. The fourth-order valence-electron chi connectivity index (χ4n) is 1.97. The van der Waals surface area contributed by atoms with Crippen LogP contribution in [0.3, 0.4) is 0 Å². The van der Waals surface area contributed by atoms with E-state index in [1.54, 1.807) is 0 Å². The van der Waals surface area contributed by atoms with Crippen molar-refractivity contribution in [1.82, 2.24) is 0 Å². The van der Waals surface area contributed by atoms with Gasteiger partial charge in [0.1, 0.15) is 5.75 Å². The van der Waals surface area contributed by atoms with Crippen LogP contribution in [0.25, 0.3) is 6.08 Å². The molecule has 0 amide bonds. The van der Waals surface area contributed by atoms with Crippen LogP contribution in [0, 0.1) is 0 Å². The summed E-state index contributed by atoms with van der Waals surface area (Å²) in [6.45, 7) is 0. The van der Waals surface area contributed by atoms with Crippen molar-refractivity contribution in [3.8, 4) is 5.75 Å². The number of rotatable bonds is 3. The van der Waals surface area contributed by atoms with Crippen molar-refractivity contribution in [3.05, 3.63) is 71.8 Å². The van der Waals surface area contributed by atoms with Gasteiger partial charge in [-0.3, -0.25) is 0 Å². The van der Waals surface area contributed by atoms with E-state index >= 15 is 0 Å². The molecule has 3 rings (SSSR count). The fraction of sp³-hybridized carbons (Fsp3) is 0.0667. The minimum Gasteiger partial charge on any atom is -1.00 e. The number of benzene rings is 2. The molecule has 0 bridgehead atoms. The van der Waals surface area contributed by atoms with Crippen molar-refractivity contribution in [2.24, 2.45) is 0 Å². The molecule has 2 aromatic rings. The molecule has 1 aliphatic rings. The van der Waals surface area contributed by atoms with Crippen LogP contribution in [0.5, 0.6) is 5.75 Å². The topological polar surface area (TPSA) is 9.23 Å². The molecule has 0 spiro atoms. The van der Waals surface area contributed by atoms with Gasteiger partial charge in [-0.2, -0.15) is 0 Å². The van der Waals surface area contributed by atoms with Crippen molar-refractivity contribution < 1.29 is 35.4 Å². The number of allylic oxidation sites excluding steroid dienone is 1. The first-order valence-electron chi connectivity index (χ1n) is 5.68. The summed E-state index contributed by atoms with van der Waals surface area (Å²) in [6.07, 6.45) is 4.41. The third-order valence-corrected chi connectivity index (χ3v) is 3.96. The number of para-hydroxylation sites is 1. The molecule has 2 aromatic carbocycles. The summed E-state index contributed by atoms with van der Waals surface area (Å²) < 4.78 is 5.82. The first kappa shape index (κ1) is 13.6. The Labute approximate surface area is 134 Å². The van der Waals surface area contributed by atoms with E-state index in [1.807, 2.05) is 30.3 Å². The van der Waals surface area contributed by atoms with Gasteiger partial charge in [-0.25, -0.2) is 0 Å². The molecular formula is C15H13NaOSi. The van der Waals surface area contributed by atoms with Gasteiger partial charge in [-0.1, -0.05) is 54.6 Å². The van der Waals surface area contributed by atoms with Gasteiger partial charge in [0.05, 0.1) is 0 Å². The quantitative estimate of drug-likeness (QED) is 0.733. The Hall–Kier alpha value is -0.803. The van der Waals surface area contributed by atoms with Crippen molar-refractivity contribution in [2.45, 2.75) is 5.54 Å². The summed E-state index contributed by atoms with van der Waals surface area (Å²) in [4.78, 5) is 0. The van der Waals surface area contributed by atoms with E-state index in [4.69, 9.17) is 4.43 Å². The van der Waals surface area contributed by atoms with E-state index < -0.39 is 0 Å². The maximum absolute atomic E-state index is 5.82. The zero-order chi connectivity index (χ0) is 11.5. The first-order chi connectivity index (χ1) is 8.43. The van der Waals surface area contributed by atoms with Gasteiger partial charge in [0.2, 0.25) is 0 Å². The van der Waals surface area contributed by atoms with Crippen LogP contribution in [0.4, 0.5) is 0 Å². The summed E-state index contributed by atoms with van der Waals surface area (Å²) in [5, 5.41) is 0. The Morgan fingerprint density at radius 3 is 2.50 bits per heavy atom. The summed E-state index contributed by atoms with van der Waals surface area (Å²) in [5.74, 6) is 0.948. The van der Waals surface area contributed by atoms with Crippen molar-refractivity contribution >= 4 is 15.8 Å². The van der Waals surface area contributed by atoms with Gasteiger partial charge >= 0.3 is 39.3 Å². The molecule has 3 heteroatoms. The average molecular weight is 260 g/mol. The number of hydrogen-bond donors (Lipinski definition) is 0. The minimum absolute atomic E-state index is 0. The smallest absolute Gasteiger partial charge is 1.00 e. The monoisotopic (exact) mass is 260 g/mol. The van der Waals surface area contributed by atoms with Gasteiger partial charge in [0.25, 0.3) is 0 Å². The molecule has 2 radical (unpaired) electrons. The van der Waals surface area contributed by atoms with E-state index in [0.717, 1.165) is 5.75 Å². The Morgan fingerprint density at radius 2 is 1.67 bits per heavy atom. The molecule has 0 saturated carbocycles. The largest absolute Gasteiger partial charge is 1.00 e. The summed E-state index contributed by atoms with van der Waals surface area (Å²) >= 11 is 0. The molecule has 1 nitrogen and oxygen atoms in total. The van der Waals surface area contributed by atoms with Crippen LogP contribution in [-0.2, 0) is 0 Å².